The molecule has 6 nitrogen and oxygen atoms in total. The maximum absolute atomic E-state index is 12.4. The Morgan fingerprint density at radius 3 is 2.55 bits per heavy atom. The van der Waals surface area contributed by atoms with Crippen molar-refractivity contribution in [1.29, 1.82) is 0 Å². The normalized spacial score (nSPS) is 23.4. The third kappa shape index (κ3) is 1.96. The molecular formula is C14H17N3O3. The van der Waals surface area contributed by atoms with Crippen molar-refractivity contribution in [2.24, 2.45) is 0 Å². The van der Waals surface area contributed by atoms with Crippen LogP contribution in [0.2, 0.25) is 0 Å². The molecule has 1 saturated carbocycles. The summed E-state index contributed by atoms with van der Waals surface area (Å²) in [6.45, 7) is 2.74. The number of nitro groups is 1. The molecule has 1 atom stereocenters. The smallest absolute Gasteiger partial charge is 0.269 e. The van der Waals surface area contributed by atoms with Gasteiger partial charge in [-0.2, -0.15) is 0 Å². The lowest BCUT2D eigenvalue weighted by molar-refractivity contribution is -0.384. The fourth-order valence-corrected chi connectivity index (χ4v) is 2.79. The summed E-state index contributed by atoms with van der Waals surface area (Å²) in [7, 11) is 0. The Morgan fingerprint density at radius 2 is 2.05 bits per heavy atom. The minimum atomic E-state index is -0.413. The lowest BCUT2D eigenvalue weighted by atomic mass is 10.1. The summed E-state index contributed by atoms with van der Waals surface area (Å²) in [5.41, 5.74) is 0.615. The molecule has 6 heteroatoms. The Labute approximate surface area is 116 Å². The van der Waals surface area contributed by atoms with Crippen molar-refractivity contribution in [3.63, 3.8) is 0 Å². The third-order valence-corrected chi connectivity index (χ3v) is 4.03. The molecule has 1 aromatic carbocycles. The van der Waals surface area contributed by atoms with E-state index in [1.165, 1.54) is 12.1 Å². The van der Waals surface area contributed by atoms with Crippen LogP contribution in [0, 0.1) is 10.1 Å². The molecule has 1 aliphatic heterocycles. The van der Waals surface area contributed by atoms with Crippen molar-refractivity contribution < 1.29 is 9.72 Å². The molecule has 1 unspecified atom stereocenters. The number of carbonyl (C=O) groups is 1. The van der Waals surface area contributed by atoms with Gasteiger partial charge in [0, 0.05) is 18.7 Å². The highest BCUT2D eigenvalue weighted by atomic mass is 16.6. The molecule has 20 heavy (non-hydrogen) atoms. The van der Waals surface area contributed by atoms with Crippen LogP contribution in [-0.2, 0) is 4.79 Å². The monoisotopic (exact) mass is 275 g/mol. The Balaban J connectivity index is 1.87. The molecule has 0 radical (unpaired) electrons. The standard InChI is InChI=1S/C14H17N3O3/c1-2-9-16-12(15-14(7-8-14)13(16)18)10-3-5-11(6-4-10)17(19)20/h3-6,12,15H,2,7-9H2,1H3. The number of nitrogens with zero attached hydrogens (tertiary/aromatic N) is 2. The topological polar surface area (TPSA) is 75.5 Å². The van der Waals surface area contributed by atoms with Gasteiger partial charge in [-0.1, -0.05) is 6.92 Å². The lowest BCUT2D eigenvalue weighted by Crippen LogP contribution is -2.32. The molecule has 1 N–H and O–H groups in total. The van der Waals surface area contributed by atoms with Crippen LogP contribution in [0.25, 0.3) is 0 Å². The van der Waals surface area contributed by atoms with E-state index < -0.39 is 4.92 Å². The number of hydrogen-bond donors (Lipinski definition) is 1. The minimum absolute atomic E-state index is 0.0706. The summed E-state index contributed by atoms with van der Waals surface area (Å²) < 4.78 is 0. The Morgan fingerprint density at radius 1 is 1.40 bits per heavy atom. The summed E-state index contributed by atoms with van der Waals surface area (Å²) in [6, 6.07) is 6.44. The number of rotatable bonds is 4. The average molecular weight is 275 g/mol. The van der Waals surface area contributed by atoms with Gasteiger partial charge in [-0.25, -0.2) is 0 Å². The Bertz CT molecular complexity index is 551. The number of hydrogen-bond acceptors (Lipinski definition) is 4. The molecule has 3 rings (SSSR count). The van der Waals surface area contributed by atoms with Gasteiger partial charge in [0.05, 0.1) is 4.92 Å². The van der Waals surface area contributed by atoms with Gasteiger partial charge in [0.1, 0.15) is 11.7 Å². The molecule has 1 spiro atoms. The molecule has 0 bridgehead atoms. The van der Waals surface area contributed by atoms with E-state index in [2.05, 4.69) is 5.32 Å². The second kappa shape index (κ2) is 4.56. The van der Waals surface area contributed by atoms with Crippen LogP contribution in [0.15, 0.2) is 24.3 Å². The number of carbonyl (C=O) groups excluding carboxylic acids is 1. The van der Waals surface area contributed by atoms with Gasteiger partial charge in [-0.05, 0) is 37.0 Å². The second-order valence-electron chi connectivity index (χ2n) is 5.48. The van der Waals surface area contributed by atoms with Gasteiger partial charge in [0.25, 0.3) is 5.69 Å². The van der Waals surface area contributed by atoms with Gasteiger partial charge in [-0.3, -0.25) is 20.2 Å². The first-order valence-electron chi connectivity index (χ1n) is 6.90. The Kier molecular flexibility index (Phi) is 2.97. The summed E-state index contributed by atoms with van der Waals surface area (Å²) in [6.07, 6.45) is 2.50. The van der Waals surface area contributed by atoms with E-state index in [9.17, 15) is 14.9 Å². The zero-order valence-corrected chi connectivity index (χ0v) is 11.3. The van der Waals surface area contributed by atoms with Crippen molar-refractivity contribution in [1.82, 2.24) is 10.2 Å². The van der Waals surface area contributed by atoms with E-state index >= 15 is 0 Å². The van der Waals surface area contributed by atoms with Crippen LogP contribution in [-0.4, -0.2) is 27.8 Å². The van der Waals surface area contributed by atoms with E-state index in [1.807, 2.05) is 11.8 Å². The van der Waals surface area contributed by atoms with Crippen LogP contribution in [0.5, 0.6) is 0 Å². The van der Waals surface area contributed by atoms with Gasteiger partial charge in [0.2, 0.25) is 5.91 Å². The zero-order chi connectivity index (χ0) is 14.3. The van der Waals surface area contributed by atoms with E-state index in [4.69, 9.17) is 0 Å². The average Bonchev–Trinajstić information content (AvgIpc) is 3.17. The van der Waals surface area contributed by atoms with Crippen molar-refractivity contribution in [2.75, 3.05) is 6.54 Å². The predicted molar refractivity (Wildman–Crippen MR) is 72.9 cm³/mol. The molecule has 0 aromatic heterocycles. The first-order valence-corrected chi connectivity index (χ1v) is 6.90. The number of nitrogens with one attached hydrogen (secondary N) is 1. The molecule has 2 aliphatic rings. The van der Waals surface area contributed by atoms with E-state index in [0.717, 1.165) is 24.8 Å². The first kappa shape index (κ1) is 13.1. The van der Waals surface area contributed by atoms with Crippen LogP contribution >= 0.6 is 0 Å². The summed E-state index contributed by atoms with van der Waals surface area (Å²) in [5, 5.41) is 14.1. The maximum atomic E-state index is 12.4. The number of benzene rings is 1. The molecular weight excluding hydrogens is 258 g/mol. The van der Waals surface area contributed by atoms with Crippen molar-refractivity contribution >= 4 is 11.6 Å². The van der Waals surface area contributed by atoms with E-state index in [1.54, 1.807) is 12.1 Å². The number of nitro benzene ring substituents is 1. The zero-order valence-electron chi connectivity index (χ0n) is 11.3. The number of non-ortho nitro benzene ring substituents is 1. The molecule has 1 heterocycles. The minimum Gasteiger partial charge on any atom is -0.321 e. The molecule has 1 aliphatic carbocycles. The summed E-state index contributed by atoms with van der Waals surface area (Å²) in [4.78, 5) is 24.5. The fraction of sp³-hybridized carbons (Fsp3) is 0.500. The number of amides is 1. The largest absolute Gasteiger partial charge is 0.321 e. The van der Waals surface area contributed by atoms with Gasteiger partial charge in [-0.15, -0.1) is 0 Å². The quantitative estimate of drug-likeness (QED) is 0.673. The van der Waals surface area contributed by atoms with Crippen molar-refractivity contribution in [3.05, 3.63) is 39.9 Å². The molecule has 1 amide bonds. The lowest BCUT2D eigenvalue weighted by Gasteiger charge is -2.23. The first-order chi connectivity index (χ1) is 9.57. The highest BCUT2D eigenvalue weighted by molar-refractivity contribution is 5.92. The highest BCUT2D eigenvalue weighted by Gasteiger charge is 2.59. The second-order valence-corrected chi connectivity index (χ2v) is 5.48. The van der Waals surface area contributed by atoms with Crippen molar-refractivity contribution in [3.8, 4) is 0 Å². The summed E-state index contributed by atoms with van der Waals surface area (Å²) in [5.74, 6) is 0.169. The van der Waals surface area contributed by atoms with Gasteiger partial charge in [0.15, 0.2) is 0 Å². The summed E-state index contributed by atoms with van der Waals surface area (Å²) >= 11 is 0. The van der Waals surface area contributed by atoms with Crippen LogP contribution in [0.1, 0.15) is 37.9 Å². The van der Waals surface area contributed by atoms with E-state index in [0.29, 0.717) is 6.54 Å². The maximum Gasteiger partial charge on any atom is 0.269 e. The van der Waals surface area contributed by atoms with Crippen LogP contribution in [0.3, 0.4) is 0 Å². The highest BCUT2D eigenvalue weighted by Crippen LogP contribution is 2.45. The third-order valence-electron chi connectivity index (χ3n) is 4.03. The molecule has 2 fully saturated rings. The SMILES string of the molecule is CCCN1C(=O)C2(CC2)NC1c1ccc([N+](=O)[O-])cc1. The predicted octanol–water partition coefficient (Wildman–Crippen LogP) is 1.97. The molecule has 1 saturated heterocycles. The van der Waals surface area contributed by atoms with Crippen LogP contribution < -0.4 is 5.32 Å². The van der Waals surface area contributed by atoms with Crippen LogP contribution in [0.4, 0.5) is 5.69 Å². The Hall–Kier alpha value is -1.95. The van der Waals surface area contributed by atoms with Gasteiger partial charge >= 0.3 is 0 Å². The van der Waals surface area contributed by atoms with E-state index in [-0.39, 0.29) is 23.3 Å². The fourth-order valence-electron chi connectivity index (χ4n) is 2.79. The molecule has 106 valence electrons. The van der Waals surface area contributed by atoms with Gasteiger partial charge < -0.3 is 4.90 Å². The van der Waals surface area contributed by atoms with Crippen molar-refractivity contribution in [2.45, 2.75) is 37.9 Å². The molecule has 1 aromatic rings.